The second-order valence-corrected chi connectivity index (χ2v) is 5.35. The zero-order chi connectivity index (χ0) is 13.8. The first-order valence-corrected chi connectivity index (χ1v) is 6.79. The third kappa shape index (κ3) is 3.61. The Hall–Kier alpha value is -1.26. The van der Waals surface area contributed by atoms with Gasteiger partial charge in [-0.3, -0.25) is 0 Å². The van der Waals surface area contributed by atoms with E-state index in [0.29, 0.717) is 23.0 Å². The van der Waals surface area contributed by atoms with E-state index in [0.717, 1.165) is 5.56 Å². The normalized spacial score (nSPS) is 12.4. The molecule has 2 N–H and O–H groups in total. The van der Waals surface area contributed by atoms with Gasteiger partial charge in [-0.15, -0.1) is 0 Å². The Morgan fingerprint density at radius 1 is 1.11 bits per heavy atom. The molecule has 100 valence electrons. The van der Waals surface area contributed by atoms with Crippen LogP contribution in [0.1, 0.15) is 17.0 Å². The number of hydrogen-bond acceptors (Lipinski definition) is 1. The summed E-state index contributed by atoms with van der Waals surface area (Å²) < 4.78 is 27.8. The van der Waals surface area contributed by atoms with E-state index in [9.17, 15) is 8.78 Å². The van der Waals surface area contributed by atoms with Crippen LogP contribution in [0.15, 0.2) is 46.9 Å². The van der Waals surface area contributed by atoms with Crippen molar-refractivity contribution < 1.29 is 8.78 Å². The molecule has 0 heterocycles. The molecule has 0 fully saturated rings. The molecule has 2 rings (SSSR count). The third-order valence-corrected chi connectivity index (χ3v) is 3.49. The predicted molar refractivity (Wildman–Crippen MR) is 76.0 cm³/mol. The molecular formula is C15H14BrF2N. The average molecular weight is 326 g/mol. The molecule has 0 saturated carbocycles. The van der Waals surface area contributed by atoms with E-state index in [-0.39, 0.29) is 17.6 Å². The van der Waals surface area contributed by atoms with E-state index in [2.05, 4.69) is 15.9 Å². The minimum atomic E-state index is -0.311. The van der Waals surface area contributed by atoms with E-state index in [4.69, 9.17) is 5.73 Å². The lowest BCUT2D eigenvalue weighted by Gasteiger charge is -2.16. The van der Waals surface area contributed by atoms with Gasteiger partial charge in [0.15, 0.2) is 0 Å². The van der Waals surface area contributed by atoms with Gasteiger partial charge in [-0.25, -0.2) is 8.78 Å². The van der Waals surface area contributed by atoms with Crippen LogP contribution >= 0.6 is 15.9 Å². The maximum atomic E-state index is 13.7. The van der Waals surface area contributed by atoms with E-state index in [1.165, 1.54) is 18.2 Å². The van der Waals surface area contributed by atoms with Crippen molar-refractivity contribution in [2.75, 3.05) is 6.54 Å². The van der Waals surface area contributed by atoms with Crippen LogP contribution in [0.2, 0.25) is 0 Å². The number of benzene rings is 2. The van der Waals surface area contributed by atoms with Gasteiger partial charge in [0.05, 0.1) is 0 Å². The van der Waals surface area contributed by atoms with Gasteiger partial charge in [-0.1, -0.05) is 34.1 Å². The maximum Gasteiger partial charge on any atom is 0.126 e. The molecule has 0 saturated heterocycles. The summed E-state index contributed by atoms with van der Waals surface area (Å²) in [5, 5.41) is 0. The molecule has 4 heteroatoms. The van der Waals surface area contributed by atoms with Gasteiger partial charge in [0, 0.05) is 10.4 Å². The fourth-order valence-corrected chi connectivity index (χ4v) is 2.65. The van der Waals surface area contributed by atoms with Crippen molar-refractivity contribution in [1.29, 1.82) is 0 Å². The molecule has 0 aliphatic rings. The Kier molecular flexibility index (Phi) is 4.66. The van der Waals surface area contributed by atoms with Crippen molar-refractivity contribution in [3.63, 3.8) is 0 Å². The topological polar surface area (TPSA) is 26.0 Å². The van der Waals surface area contributed by atoms with Gasteiger partial charge >= 0.3 is 0 Å². The Morgan fingerprint density at radius 3 is 2.47 bits per heavy atom. The number of nitrogens with two attached hydrogens (primary N) is 1. The quantitative estimate of drug-likeness (QED) is 0.903. The average Bonchev–Trinajstić information content (AvgIpc) is 2.36. The maximum absolute atomic E-state index is 13.7. The highest BCUT2D eigenvalue weighted by atomic mass is 79.9. The minimum absolute atomic E-state index is 0.158. The van der Waals surface area contributed by atoms with Crippen LogP contribution < -0.4 is 5.73 Å². The Balaban J connectivity index is 2.26. The first-order valence-electron chi connectivity index (χ1n) is 5.99. The summed E-state index contributed by atoms with van der Waals surface area (Å²) in [6.07, 6.45) is 0.508. The molecule has 0 aliphatic heterocycles. The molecule has 19 heavy (non-hydrogen) atoms. The molecule has 0 amide bonds. The van der Waals surface area contributed by atoms with Gasteiger partial charge in [0.2, 0.25) is 0 Å². The molecule has 0 radical (unpaired) electrons. The Morgan fingerprint density at radius 2 is 1.84 bits per heavy atom. The van der Waals surface area contributed by atoms with Crippen molar-refractivity contribution >= 4 is 15.9 Å². The zero-order valence-electron chi connectivity index (χ0n) is 10.2. The van der Waals surface area contributed by atoms with Crippen molar-refractivity contribution in [3.05, 3.63) is 69.7 Å². The summed E-state index contributed by atoms with van der Waals surface area (Å²) in [6.45, 7) is 0.315. The fraction of sp³-hybridized carbons (Fsp3) is 0.200. The van der Waals surface area contributed by atoms with Crippen molar-refractivity contribution in [2.24, 2.45) is 5.73 Å². The van der Waals surface area contributed by atoms with E-state index < -0.39 is 0 Å². The lowest BCUT2D eigenvalue weighted by atomic mass is 9.91. The van der Waals surface area contributed by atoms with E-state index in [1.807, 2.05) is 6.07 Å². The summed E-state index contributed by atoms with van der Waals surface area (Å²) in [4.78, 5) is 0. The monoisotopic (exact) mass is 325 g/mol. The van der Waals surface area contributed by atoms with Crippen LogP contribution in [0.3, 0.4) is 0 Å². The molecule has 2 aromatic carbocycles. The highest BCUT2D eigenvalue weighted by Crippen LogP contribution is 2.24. The van der Waals surface area contributed by atoms with Crippen molar-refractivity contribution in [1.82, 2.24) is 0 Å². The van der Waals surface area contributed by atoms with Crippen LogP contribution in [0, 0.1) is 11.6 Å². The first kappa shape index (κ1) is 14.2. The fourth-order valence-electron chi connectivity index (χ4n) is 2.14. The highest BCUT2D eigenvalue weighted by Gasteiger charge is 2.15. The first-order chi connectivity index (χ1) is 9.10. The molecule has 1 nitrogen and oxygen atoms in total. The van der Waals surface area contributed by atoms with Crippen LogP contribution in [0.5, 0.6) is 0 Å². The summed E-state index contributed by atoms with van der Waals surface area (Å²) in [5.74, 6) is -0.739. The largest absolute Gasteiger partial charge is 0.330 e. The summed E-state index contributed by atoms with van der Waals surface area (Å²) in [6, 6.07) is 11.2. The molecule has 2 aromatic rings. The molecule has 0 bridgehead atoms. The van der Waals surface area contributed by atoms with Gasteiger partial charge in [-0.05, 0) is 48.4 Å². The van der Waals surface area contributed by atoms with Crippen molar-refractivity contribution in [3.8, 4) is 0 Å². The summed E-state index contributed by atoms with van der Waals surface area (Å²) >= 11 is 3.25. The standard InChI is InChI=1S/C15H14BrF2N/c16-12-6-10(7-13(17)8-12)5-11(9-19)14-3-1-2-4-15(14)18/h1-4,6-8,11H,5,9,19H2. The molecule has 0 spiro atoms. The van der Waals surface area contributed by atoms with Crippen LogP contribution in [-0.2, 0) is 6.42 Å². The lowest BCUT2D eigenvalue weighted by molar-refractivity contribution is 0.573. The molecule has 1 atom stereocenters. The second kappa shape index (κ2) is 6.26. The summed E-state index contributed by atoms with van der Waals surface area (Å²) in [7, 11) is 0. The van der Waals surface area contributed by atoms with E-state index in [1.54, 1.807) is 18.2 Å². The number of hydrogen-bond donors (Lipinski definition) is 1. The second-order valence-electron chi connectivity index (χ2n) is 4.44. The molecule has 0 aliphatic carbocycles. The predicted octanol–water partition coefficient (Wildman–Crippen LogP) is 4.01. The van der Waals surface area contributed by atoms with Gasteiger partial charge in [0.25, 0.3) is 0 Å². The Bertz CT molecular complexity index is 552. The van der Waals surface area contributed by atoms with E-state index >= 15 is 0 Å². The van der Waals surface area contributed by atoms with Crippen LogP contribution in [-0.4, -0.2) is 6.54 Å². The van der Waals surface area contributed by atoms with Crippen LogP contribution in [0.4, 0.5) is 8.78 Å². The highest BCUT2D eigenvalue weighted by molar-refractivity contribution is 9.10. The number of rotatable bonds is 4. The SMILES string of the molecule is NCC(Cc1cc(F)cc(Br)c1)c1ccccc1F. The molecule has 0 aromatic heterocycles. The molecule has 1 unspecified atom stereocenters. The van der Waals surface area contributed by atoms with Gasteiger partial charge < -0.3 is 5.73 Å². The smallest absolute Gasteiger partial charge is 0.126 e. The van der Waals surface area contributed by atoms with Crippen molar-refractivity contribution in [2.45, 2.75) is 12.3 Å². The molecular weight excluding hydrogens is 312 g/mol. The summed E-state index contributed by atoms with van der Waals surface area (Å²) in [5.41, 5.74) is 7.10. The Labute approximate surface area is 119 Å². The zero-order valence-corrected chi connectivity index (χ0v) is 11.8. The van der Waals surface area contributed by atoms with Gasteiger partial charge in [-0.2, -0.15) is 0 Å². The third-order valence-electron chi connectivity index (χ3n) is 3.03. The van der Waals surface area contributed by atoms with Crippen LogP contribution in [0.25, 0.3) is 0 Å². The number of halogens is 3. The van der Waals surface area contributed by atoms with Gasteiger partial charge in [0.1, 0.15) is 11.6 Å². The minimum Gasteiger partial charge on any atom is -0.330 e. The lowest BCUT2D eigenvalue weighted by Crippen LogP contribution is -2.16.